The third-order valence-corrected chi connectivity index (χ3v) is 5.43. The molecule has 6 nitrogen and oxygen atoms in total. The van der Waals surface area contributed by atoms with Crippen molar-refractivity contribution >= 4 is 0 Å². The van der Waals surface area contributed by atoms with Crippen molar-refractivity contribution in [1.82, 2.24) is 19.7 Å². The maximum Gasteiger partial charge on any atom is 0.422 e. The predicted molar refractivity (Wildman–Crippen MR) is 115 cm³/mol. The minimum atomic E-state index is -4.50. The number of benzene rings is 2. The molecule has 2 heterocycles. The fraction of sp³-hybridized carbons (Fsp3) is 0.208. The molecule has 1 N–H and O–H groups in total. The van der Waals surface area contributed by atoms with Gasteiger partial charge in [-0.2, -0.15) is 27.1 Å². The zero-order chi connectivity index (χ0) is 26.8. The van der Waals surface area contributed by atoms with Gasteiger partial charge in [0.1, 0.15) is 35.7 Å². The Bertz CT molecular complexity index is 1350. The van der Waals surface area contributed by atoms with Crippen LogP contribution in [0.25, 0.3) is 11.1 Å². The Kier molecular flexibility index (Phi) is 6.91. The first-order valence-corrected chi connectivity index (χ1v) is 10.5. The Labute approximate surface area is 205 Å². The van der Waals surface area contributed by atoms with Gasteiger partial charge in [-0.05, 0) is 35.9 Å². The van der Waals surface area contributed by atoms with E-state index >= 15 is 8.78 Å². The lowest BCUT2D eigenvalue weighted by Crippen LogP contribution is -2.48. The van der Waals surface area contributed by atoms with Crippen LogP contribution < -0.4 is 4.74 Å². The molecule has 194 valence electrons. The lowest BCUT2D eigenvalue weighted by atomic mass is 9.84. The number of ether oxygens (including phenoxy) is 1. The monoisotopic (exact) mass is 526 g/mol. The van der Waals surface area contributed by atoms with Gasteiger partial charge in [0.15, 0.2) is 12.2 Å². The molecular weight excluding hydrogens is 509 g/mol. The van der Waals surface area contributed by atoms with Gasteiger partial charge in [-0.3, -0.25) is 4.98 Å². The molecule has 4 rings (SSSR count). The molecule has 0 saturated carbocycles. The first-order valence-electron chi connectivity index (χ1n) is 10.5. The van der Waals surface area contributed by atoms with Gasteiger partial charge in [-0.1, -0.05) is 18.2 Å². The zero-order valence-corrected chi connectivity index (χ0v) is 18.6. The van der Waals surface area contributed by atoms with Crippen molar-refractivity contribution in [3.8, 4) is 16.9 Å². The van der Waals surface area contributed by atoms with E-state index in [4.69, 9.17) is 0 Å². The van der Waals surface area contributed by atoms with E-state index in [-0.39, 0.29) is 5.75 Å². The average Bonchev–Trinajstić information content (AvgIpc) is 3.35. The molecule has 2 aromatic carbocycles. The third-order valence-electron chi connectivity index (χ3n) is 5.43. The molecule has 37 heavy (non-hydrogen) atoms. The van der Waals surface area contributed by atoms with Crippen LogP contribution >= 0.6 is 0 Å². The zero-order valence-electron chi connectivity index (χ0n) is 18.6. The first-order chi connectivity index (χ1) is 17.4. The van der Waals surface area contributed by atoms with Gasteiger partial charge in [0.2, 0.25) is 0 Å². The molecular formula is C24H17F7N4O2. The maximum absolute atomic E-state index is 15.8. The van der Waals surface area contributed by atoms with Crippen molar-refractivity contribution < 1.29 is 40.6 Å². The van der Waals surface area contributed by atoms with E-state index < -0.39 is 53.7 Å². The van der Waals surface area contributed by atoms with E-state index in [1.54, 1.807) is 0 Å². The quantitative estimate of drug-likeness (QED) is 0.318. The minimum absolute atomic E-state index is 0.0447. The van der Waals surface area contributed by atoms with Crippen LogP contribution in [0.5, 0.6) is 5.75 Å². The SMILES string of the molecule is OC(Cn1cncn1)(c1ccc(F)cc1F)C(F)(F)c1ccc(-c2ccc(OCC(F)(F)F)cc2)cn1. The molecule has 13 heteroatoms. The van der Waals surface area contributed by atoms with E-state index in [0.29, 0.717) is 23.3 Å². The summed E-state index contributed by atoms with van der Waals surface area (Å²) in [5.41, 5.74) is -4.29. The summed E-state index contributed by atoms with van der Waals surface area (Å²) in [5, 5.41) is 14.9. The number of alkyl halides is 5. The molecule has 0 amide bonds. The highest BCUT2D eigenvalue weighted by Gasteiger charge is 2.57. The van der Waals surface area contributed by atoms with Crippen molar-refractivity contribution in [1.29, 1.82) is 0 Å². The summed E-state index contributed by atoms with van der Waals surface area (Å²) in [6.45, 7) is -2.41. The summed E-state index contributed by atoms with van der Waals surface area (Å²) >= 11 is 0. The summed E-state index contributed by atoms with van der Waals surface area (Å²) < 4.78 is 102. The van der Waals surface area contributed by atoms with Crippen LogP contribution in [0.4, 0.5) is 30.7 Å². The van der Waals surface area contributed by atoms with Gasteiger partial charge >= 0.3 is 12.1 Å². The smallest absolute Gasteiger partial charge is 0.422 e. The van der Waals surface area contributed by atoms with Gasteiger partial charge in [0.05, 0.1) is 6.54 Å². The molecule has 0 aliphatic heterocycles. The number of pyridine rings is 1. The lowest BCUT2D eigenvalue weighted by Gasteiger charge is -2.36. The first kappa shape index (κ1) is 26.1. The molecule has 0 aliphatic carbocycles. The molecule has 0 radical (unpaired) electrons. The van der Waals surface area contributed by atoms with Gasteiger partial charge in [-0.15, -0.1) is 0 Å². The molecule has 0 saturated heterocycles. The molecule has 2 aromatic heterocycles. The predicted octanol–water partition coefficient (Wildman–Crippen LogP) is 5.24. The average molecular weight is 526 g/mol. The van der Waals surface area contributed by atoms with Crippen molar-refractivity contribution in [2.75, 3.05) is 6.61 Å². The van der Waals surface area contributed by atoms with Crippen LogP contribution in [0.3, 0.4) is 0 Å². The Morgan fingerprint density at radius 1 is 0.892 bits per heavy atom. The van der Waals surface area contributed by atoms with Crippen molar-refractivity contribution in [2.45, 2.75) is 24.2 Å². The third kappa shape index (κ3) is 5.56. The van der Waals surface area contributed by atoms with Crippen LogP contribution in [-0.4, -0.2) is 37.6 Å². The number of aromatic nitrogens is 4. The fourth-order valence-corrected chi connectivity index (χ4v) is 3.60. The van der Waals surface area contributed by atoms with Crippen LogP contribution in [0.1, 0.15) is 11.3 Å². The summed E-state index contributed by atoms with van der Waals surface area (Å²) in [4.78, 5) is 7.38. The fourth-order valence-electron chi connectivity index (χ4n) is 3.60. The van der Waals surface area contributed by atoms with Crippen LogP contribution in [0.2, 0.25) is 0 Å². The van der Waals surface area contributed by atoms with Crippen LogP contribution in [0.15, 0.2) is 73.4 Å². The van der Waals surface area contributed by atoms with Crippen LogP contribution in [0, 0.1) is 11.6 Å². The van der Waals surface area contributed by atoms with Gasteiger partial charge < -0.3 is 9.84 Å². The van der Waals surface area contributed by atoms with Gasteiger partial charge in [0, 0.05) is 23.4 Å². The van der Waals surface area contributed by atoms with E-state index in [9.17, 15) is 27.1 Å². The van der Waals surface area contributed by atoms with E-state index in [2.05, 4.69) is 19.8 Å². The lowest BCUT2D eigenvalue weighted by molar-refractivity contribution is -0.207. The topological polar surface area (TPSA) is 73.1 Å². The molecule has 4 aromatic rings. The summed E-state index contributed by atoms with van der Waals surface area (Å²) in [7, 11) is 0. The molecule has 1 unspecified atom stereocenters. The Hall–Kier alpha value is -4.00. The molecule has 0 fully saturated rings. The molecule has 0 spiro atoms. The van der Waals surface area contributed by atoms with E-state index in [1.165, 1.54) is 30.3 Å². The Balaban J connectivity index is 1.64. The Morgan fingerprint density at radius 3 is 2.16 bits per heavy atom. The Morgan fingerprint density at radius 2 is 1.59 bits per heavy atom. The molecule has 1 atom stereocenters. The van der Waals surface area contributed by atoms with Gasteiger partial charge in [0.25, 0.3) is 0 Å². The number of halogens is 7. The molecule has 0 bridgehead atoms. The van der Waals surface area contributed by atoms with Gasteiger partial charge in [-0.25, -0.2) is 18.4 Å². The minimum Gasteiger partial charge on any atom is -0.484 e. The van der Waals surface area contributed by atoms with Crippen LogP contribution in [-0.2, 0) is 18.1 Å². The molecule has 0 aliphatic rings. The second-order valence-corrected chi connectivity index (χ2v) is 8.01. The standard InChI is InChI=1S/C24H17F7N4O2/c25-17-4-7-19(20(26)9-17)22(36,11-35-14-32-13-34-35)24(30,31)21-8-3-16(10-33-21)15-1-5-18(6-2-15)37-12-23(27,28)29/h1-10,13-14,36H,11-12H2. The van der Waals surface area contributed by atoms with E-state index in [1.807, 2.05) is 0 Å². The van der Waals surface area contributed by atoms with E-state index in [0.717, 1.165) is 35.7 Å². The summed E-state index contributed by atoms with van der Waals surface area (Å²) in [5.74, 6) is -6.67. The summed E-state index contributed by atoms with van der Waals surface area (Å²) in [6.07, 6.45) is -1.37. The number of aliphatic hydroxyl groups is 1. The number of nitrogens with zero attached hydrogens (tertiary/aromatic N) is 4. The number of rotatable bonds is 8. The second-order valence-electron chi connectivity index (χ2n) is 8.01. The number of hydrogen-bond donors (Lipinski definition) is 1. The highest BCUT2D eigenvalue weighted by atomic mass is 19.4. The van der Waals surface area contributed by atoms with Crippen molar-refractivity contribution in [2.24, 2.45) is 0 Å². The summed E-state index contributed by atoms with van der Waals surface area (Å²) in [6, 6.07) is 9.36. The largest absolute Gasteiger partial charge is 0.484 e. The second kappa shape index (κ2) is 9.81. The number of hydrogen-bond acceptors (Lipinski definition) is 5. The highest BCUT2D eigenvalue weighted by Crippen LogP contribution is 2.46. The van der Waals surface area contributed by atoms with Crippen molar-refractivity contribution in [3.63, 3.8) is 0 Å². The maximum atomic E-state index is 15.8. The highest BCUT2D eigenvalue weighted by molar-refractivity contribution is 5.63. The normalized spacial score (nSPS) is 13.8. The van der Waals surface area contributed by atoms with Crippen molar-refractivity contribution in [3.05, 3.63) is 96.3 Å².